The van der Waals surface area contributed by atoms with Crippen LogP contribution in [0.2, 0.25) is 0 Å². The quantitative estimate of drug-likeness (QED) is 0.299. The molecule has 0 saturated carbocycles. The first-order valence-corrected chi connectivity index (χ1v) is 15.0. The Labute approximate surface area is 243 Å². The van der Waals surface area contributed by atoms with Crippen molar-refractivity contribution in [3.05, 3.63) is 88.6 Å². The number of rotatable bonds is 12. The molecule has 0 bridgehead atoms. The molecule has 0 aliphatic carbocycles. The summed E-state index contributed by atoms with van der Waals surface area (Å²) in [6, 6.07) is 16.9. The van der Waals surface area contributed by atoms with E-state index in [0.29, 0.717) is 22.4 Å². The van der Waals surface area contributed by atoms with Gasteiger partial charge < -0.3 is 15.0 Å². The summed E-state index contributed by atoms with van der Waals surface area (Å²) in [6.07, 6.45) is 0. The lowest BCUT2D eigenvalue weighted by Gasteiger charge is -2.32. The molecular weight excluding hydrogens is 601 g/mol. The minimum Gasteiger partial charge on any atom is -0.494 e. The SMILES string of the molecule is CCOc1ccc(N(CC(=O)N(Cc2ccc(F)cc2)C(C)C(=O)NC(C)C)S(=O)(=O)c2ccc(Br)cc2)cc1. The van der Waals surface area contributed by atoms with Gasteiger partial charge in [-0.25, -0.2) is 12.8 Å². The Hall–Kier alpha value is -3.44. The summed E-state index contributed by atoms with van der Waals surface area (Å²) in [6.45, 7) is 6.85. The van der Waals surface area contributed by atoms with Crippen molar-refractivity contribution in [3.8, 4) is 5.75 Å². The van der Waals surface area contributed by atoms with Crippen molar-refractivity contribution in [2.45, 2.75) is 51.2 Å². The Kier molecular flexibility index (Phi) is 10.7. The zero-order valence-corrected chi connectivity index (χ0v) is 25.2. The van der Waals surface area contributed by atoms with Gasteiger partial charge in [-0.3, -0.25) is 13.9 Å². The number of hydrogen-bond acceptors (Lipinski definition) is 5. The average molecular weight is 635 g/mol. The molecule has 0 aliphatic rings. The van der Waals surface area contributed by atoms with Crippen molar-refractivity contribution in [2.75, 3.05) is 17.5 Å². The van der Waals surface area contributed by atoms with E-state index in [0.717, 1.165) is 4.31 Å². The molecule has 1 atom stereocenters. The van der Waals surface area contributed by atoms with E-state index in [1.807, 2.05) is 6.92 Å². The second-order valence-electron chi connectivity index (χ2n) is 9.38. The number of carbonyl (C=O) groups is 2. The van der Waals surface area contributed by atoms with Crippen LogP contribution in [0.1, 0.15) is 33.3 Å². The van der Waals surface area contributed by atoms with Crippen molar-refractivity contribution in [3.63, 3.8) is 0 Å². The van der Waals surface area contributed by atoms with Crippen LogP contribution in [0.3, 0.4) is 0 Å². The standard InChI is InChI=1S/C29H33BrFN3O5S/c1-5-39-26-14-12-25(13-15-26)34(40(37,38)27-16-8-23(30)9-17-27)19-28(35)33(21(4)29(36)32-20(2)3)18-22-6-10-24(31)11-7-22/h6-17,20-21H,5,18-19H2,1-4H3,(H,32,36). The van der Waals surface area contributed by atoms with Crippen LogP contribution in [0.5, 0.6) is 5.75 Å². The van der Waals surface area contributed by atoms with Crippen LogP contribution < -0.4 is 14.4 Å². The van der Waals surface area contributed by atoms with Gasteiger partial charge in [-0.15, -0.1) is 0 Å². The maximum Gasteiger partial charge on any atom is 0.264 e. The van der Waals surface area contributed by atoms with Gasteiger partial charge in [0.05, 0.1) is 17.2 Å². The number of sulfonamides is 1. The summed E-state index contributed by atoms with van der Waals surface area (Å²) in [5.41, 5.74) is 0.836. The Balaban J connectivity index is 2.02. The largest absolute Gasteiger partial charge is 0.494 e. The number of halogens is 2. The van der Waals surface area contributed by atoms with Gasteiger partial charge in [-0.2, -0.15) is 0 Å². The Morgan fingerprint density at radius 2 is 1.55 bits per heavy atom. The van der Waals surface area contributed by atoms with Crippen LogP contribution in [0.15, 0.2) is 82.2 Å². The van der Waals surface area contributed by atoms with E-state index >= 15 is 0 Å². The summed E-state index contributed by atoms with van der Waals surface area (Å²) in [7, 11) is -4.19. The van der Waals surface area contributed by atoms with Gasteiger partial charge in [-0.05, 0) is 93.9 Å². The molecule has 0 aliphatic heterocycles. The molecule has 3 aromatic rings. The fourth-order valence-corrected chi connectivity index (χ4v) is 5.59. The molecule has 1 unspecified atom stereocenters. The highest BCUT2D eigenvalue weighted by Crippen LogP contribution is 2.27. The lowest BCUT2D eigenvalue weighted by molar-refractivity contribution is -0.139. The lowest BCUT2D eigenvalue weighted by atomic mass is 10.1. The molecule has 8 nitrogen and oxygen atoms in total. The van der Waals surface area contributed by atoms with Crippen molar-refractivity contribution < 1.29 is 27.1 Å². The highest BCUT2D eigenvalue weighted by molar-refractivity contribution is 9.10. The first-order chi connectivity index (χ1) is 18.9. The van der Waals surface area contributed by atoms with Crippen molar-refractivity contribution in [1.29, 1.82) is 0 Å². The number of nitrogens with one attached hydrogen (secondary N) is 1. The first kappa shape index (κ1) is 31.1. The number of anilines is 1. The normalized spacial score (nSPS) is 12.1. The topological polar surface area (TPSA) is 96.0 Å². The van der Waals surface area contributed by atoms with Crippen LogP contribution >= 0.6 is 15.9 Å². The molecule has 1 N–H and O–H groups in total. The molecule has 0 radical (unpaired) electrons. The molecule has 3 rings (SSSR count). The van der Waals surface area contributed by atoms with Gasteiger partial charge >= 0.3 is 0 Å². The van der Waals surface area contributed by atoms with E-state index in [-0.39, 0.29) is 23.2 Å². The number of nitrogens with zero attached hydrogens (tertiary/aromatic N) is 2. The van der Waals surface area contributed by atoms with Gasteiger partial charge in [-0.1, -0.05) is 28.1 Å². The maximum absolute atomic E-state index is 13.9. The molecule has 11 heteroatoms. The van der Waals surface area contributed by atoms with Crippen LogP contribution in [0.4, 0.5) is 10.1 Å². The number of carbonyl (C=O) groups excluding carboxylic acids is 2. The summed E-state index contributed by atoms with van der Waals surface area (Å²) in [5.74, 6) is -0.885. The number of ether oxygens (including phenoxy) is 1. The fourth-order valence-electron chi connectivity index (χ4n) is 3.91. The molecule has 3 aromatic carbocycles. The summed E-state index contributed by atoms with van der Waals surface area (Å²) < 4.78 is 48.4. The molecule has 0 heterocycles. The lowest BCUT2D eigenvalue weighted by Crippen LogP contribution is -2.52. The minimum atomic E-state index is -4.19. The van der Waals surface area contributed by atoms with Crippen molar-refractivity contribution in [2.24, 2.45) is 0 Å². The molecule has 0 fully saturated rings. The summed E-state index contributed by atoms with van der Waals surface area (Å²) in [4.78, 5) is 28.1. The smallest absolute Gasteiger partial charge is 0.264 e. The molecule has 0 aromatic heterocycles. The maximum atomic E-state index is 13.9. The van der Waals surface area contributed by atoms with E-state index in [9.17, 15) is 22.4 Å². The average Bonchev–Trinajstić information content (AvgIpc) is 2.91. The second kappa shape index (κ2) is 13.8. The third-order valence-electron chi connectivity index (χ3n) is 5.98. The molecule has 40 heavy (non-hydrogen) atoms. The van der Waals surface area contributed by atoms with Crippen molar-refractivity contribution >= 4 is 43.5 Å². The predicted molar refractivity (Wildman–Crippen MR) is 156 cm³/mol. The van der Waals surface area contributed by atoms with Crippen LogP contribution in [0, 0.1) is 5.82 Å². The van der Waals surface area contributed by atoms with E-state index in [1.54, 1.807) is 57.2 Å². The summed E-state index contributed by atoms with van der Waals surface area (Å²) in [5, 5.41) is 2.79. The predicted octanol–water partition coefficient (Wildman–Crippen LogP) is 5.12. The van der Waals surface area contributed by atoms with Gasteiger partial charge in [0.25, 0.3) is 10.0 Å². The molecule has 0 saturated heterocycles. The Morgan fingerprint density at radius 3 is 2.10 bits per heavy atom. The zero-order chi connectivity index (χ0) is 29.4. The molecule has 0 spiro atoms. The highest BCUT2D eigenvalue weighted by Gasteiger charge is 2.32. The third kappa shape index (κ3) is 8.04. The second-order valence-corrected chi connectivity index (χ2v) is 12.2. The number of amides is 2. The molecular formula is C29H33BrFN3O5S. The van der Waals surface area contributed by atoms with E-state index in [1.165, 1.54) is 41.3 Å². The van der Waals surface area contributed by atoms with E-state index < -0.39 is 40.2 Å². The monoisotopic (exact) mass is 633 g/mol. The first-order valence-electron chi connectivity index (χ1n) is 12.8. The fraction of sp³-hybridized carbons (Fsp3) is 0.310. The third-order valence-corrected chi connectivity index (χ3v) is 8.30. The molecule has 2 amide bonds. The Bertz CT molecular complexity index is 1400. The molecule has 214 valence electrons. The highest BCUT2D eigenvalue weighted by atomic mass is 79.9. The summed E-state index contributed by atoms with van der Waals surface area (Å²) >= 11 is 3.31. The van der Waals surface area contributed by atoms with Gasteiger partial charge in [0.1, 0.15) is 24.2 Å². The van der Waals surface area contributed by atoms with Gasteiger partial charge in [0.2, 0.25) is 11.8 Å². The van der Waals surface area contributed by atoms with Crippen LogP contribution in [-0.4, -0.2) is 50.4 Å². The van der Waals surface area contributed by atoms with E-state index in [2.05, 4.69) is 21.2 Å². The minimum absolute atomic E-state index is 0.00642. The van der Waals surface area contributed by atoms with Crippen molar-refractivity contribution in [1.82, 2.24) is 10.2 Å². The van der Waals surface area contributed by atoms with Crippen LogP contribution in [-0.2, 0) is 26.2 Å². The zero-order valence-electron chi connectivity index (χ0n) is 22.8. The number of benzene rings is 3. The van der Waals surface area contributed by atoms with Gasteiger partial charge in [0.15, 0.2) is 0 Å². The Morgan fingerprint density at radius 1 is 0.950 bits per heavy atom. The van der Waals surface area contributed by atoms with Gasteiger partial charge in [0, 0.05) is 17.1 Å². The van der Waals surface area contributed by atoms with Crippen LogP contribution in [0.25, 0.3) is 0 Å². The number of hydrogen-bond donors (Lipinski definition) is 1. The van der Waals surface area contributed by atoms with E-state index in [4.69, 9.17) is 4.74 Å².